The molecule has 1 fully saturated rings. The van der Waals surface area contributed by atoms with Crippen molar-refractivity contribution in [3.63, 3.8) is 0 Å². The maximum absolute atomic E-state index is 10.8. The Kier molecular flexibility index (Phi) is 4.75. The van der Waals surface area contributed by atoms with Gasteiger partial charge in [0.25, 0.3) is 0 Å². The molecule has 0 atom stereocenters. The third-order valence-corrected chi connectivity index (χ3v) is 2.98. The third kappa shape index (κ3) is 4.93. The predicted octanol–water partition coefficient (Wildman–Crippen LogP) is 0.553. The van der Waals surface area contributed by atoms with Crippen molar-refractivity contribution in [2.24, 2.45) is 11.7 Å². The van der Waals surface area contributed by atoms with Crippen molar-refractivity contribution in [1.29, 1.82) is 0 Å². The quantitative estimate of drug-likeness (QED) is 0.724. The Hall–Kier alpha value is -0.900. The molecule has 0 aromatic carbocycles. The SMILES string of the molecule is CC(=O)CCN1CCC(CC(N)=O)CC1. The van der Waals surface area contributed by atoms with Gasteiger partial charge in [-0.1, -0.05) is 0 Å². The Morgan fingerprint density at radius 1 is 1.33 bits per heavy atom. The van der Waals surface area contributed by atoms with Crippen molar-refractivity contribution in [3.8, 4) is 0 Å². The van der Waals surface area contributed by atoms with Crippen molar-refractivity contribution in [2.45, 2.75) is 32.6 Å². The highest BCUT2D eigenvalue weighted by Crippen LogP contribution is 2.19. The number of nitrogens with zero attached hydrogens (tertiary/aromatic N) is 1. The summed E-state index contributed by atoms with van der Waals surface area (Å²) in [7, 11) is 0. The minimum absolute atomic E-state index is 0.197. The first-order valence-corrected chi connectivity index (χ1v) is 5.58. The molecule has 0 bridgehead atoms. The first kappa shape index (κ1) is 12.2. The summed E-state index contributed by atoms with van der Waals surface area (Å²) in [5.74, 6) is 0.502. The van der Waals surface area contributed by atoms with Crippen LogP contribution in [0.15, 0.2) is 0 Å². The molecule has 0 saturated carbocycles. The largest absolute Gasteiger partial charge is 0.370 e. The average Bonchev–Trinajstić information content (AvgIpc) is 2.16. The molecule has 0 aromatic rings. The van der Waals surface area contributed by atoms with Gasteiger partial charge in [0, 0.05) is 19.4 Å². The molecule has 1 heterocycles. The number of carbonyl (C=O) groups is 2. The molecule has 0 unspecified atom stereocenters. The van der Waals surface area contributed by atoms with Gasteiger partial charge in [-0.25, -0.2) is 0 Å². The van der Waals surface area contributed by atoms with E-state index in [0.717, 1.165) is 32.5 Å². The van der Waals surface area contributed by atoms with Crippen LogP contribution < -0.4 is 5.73 Å². The minimum Gasteiger partial charge on any atom is -0.370 e. The molecule has 86 valence electrons. The number of hydrogen-bond acceptors (Lipinski definition) is 3. The van der Waals surface area contributed by atoms with Gasteiger partial charge >= 0.3 is 0 Å². The first-order valence-electron chi connectivity index (χ1n) is 5.58. The van der Waals surface area contributed by atoms with Gasteiger partial charge in [-0.2, -0.15) is 0 Å². The standard InChI is InChI=1S/C11H20N2O2/c1-9(14)2-5-13-6-3-10(4-7-13)8-11(12)15/h10H,2-8H2,1H3,(H2,12,15). The molecule has 0 aliphatic carbocycles. The number of carbonyl (C=O) groups excluding carboxylic acids is 2. The summed E-state index contributed by atoms with van der Waals surface area (Å²) in [6.07, 6.45) is 3.21. The summed E-state index contributed by atoms with van der Waals surface area (Å²) < 4.78 is 0. The van der Waals surface area contributed by atoms with Crippen LogP contribution in [0.4, 0.5) is 0 Å². The second-order valence-corrected chi connectivity index (χ2v) is 4.41. The summed E-state index contributed by atoms with van der Waals surface area (Å²) in [6, 6.07) is 0. The fourth-order valence-corrected chi connectivity index (χ4v) is 2.01. The zero-order valence-electron chi connectivity index (χ0n) is 9.37. The number of piperidine rings is 1. The number of primary amides is 1. The summed E-state index contributed by atoms with van der Waals surface area (Å²) in [6.45, 7) is 4.47. The molecule has 0 radical (unpaired) electrons. The fraction of sp³-hybridized carbons (Fsp3) is 0.818. The van der Waals surface area contributed by atoms with E-state index in [-0.39, 0.29) is 11.7 Å². The van der Waals surface area contributed by atoms with Gasteiger partial charge in [0.05, 0.1) is 0 Å². The topological polar surface area (TPSA) is 63.4 Å². The van der Waals surface area contributed by atoms with E-state index in [1.807, 2.05) is 0 Å². The summed E-state index contributed by atoms with van der Waals surface area (Å²) in [5.41, 5.74) is 5.16. The Labute approximate surface area is 90.8 Å². The van der Waals surface area contributed by atoms with E-state index in [2.05, 4.69) is 4.90 Å². The number of nitrogens with two attached hydrogens (primary N) is 1. The molecular weight excluding hydrogens is 192 g/mol. The molecule has 4 nitrogen and oxygen atoms in total. The maximum Gasteiger partial charge on any atom is 0.217 e. The third-order valence-electron chi connectivity index (χ3n) is 2.98. The molecule has 0 aromatic heterocycles. The predicted molar refractivity (Wildman–Crippen MR) is 58.3 cm³/mol. The number of hydrogen-bond donors (Lipinski definition) is 1. The number of ketones is 1. The van der Waals surface area contributed by atoms with Gasteiger partial charge in [-0.15, -0.1) is 0 Å². The molecular formula is C11H20N2O2. The molecule has 4 heteroatoms. The highest BCUT2D eigenvalue weighted by molar-refractivity contribution is 5.75. The van der Waals surface area contributed by atoms with Crippen molar-refractivity contribution in [1.82, 2.24) is 4.90 Å². The highest BCUT2D eigenvalue weighted by atomic mass is 16.1. The summed E-state index contributed by atoms with van der Waals surface area (Å²) >= 11 is 0. The van der Waals surface area contributed by atoms with E-state index in [1.165, 1.54) is 0 Å². The molecule has 0 spiro atoms. The van der Waals surface area contributed by atoms with Crippen molar-refractivity contribution >= 4 is 11.7 Å². The normalized spacial score (nSPS) is 19.0. The number of Topliss-reactive ketones (excluding diaryl/α,β-unsaturated/α-hetero) is 1. The van der Waals surface area contributed by atoms with Crippen LogP contribution in [0.2, 0.25) is 0 Å². The second kappa shape index (κ2) is 5.85. The lowest BCUT2D eigenvalue weighted by Gasteiger charge is -2.31. The van der Waals surface area contributed by atoms with Gasteiger partial charge in [-0.3, -0.25) is 9.59 Å². The van der Waals surface area contributed by atoms with Gasteiger partial charge in [0.15, 0.2) is 0 Å². The van der Waals surface area contributed by atoms with Crippen LogP contribution in [0.1, 0.15) is 32.6 Å². The summed E-state index contributed by atoms with van der Waals surface area (Å²) in [5, 5.41) is 0. The van der Waals surface area contributed by atoms with Crippen LogP contribution in [0.5, 0.6) is 0 Å². The molecule has 1 aliphatic heterocycles. The van der Waals surface area contributed by atoms with Crippen LogP contribution >= 0.6 is 0 Å². The van der Waals surface area contributed by atoms with E-state index < -0.39 is 0 Å². The van der Waals surface area contributed by atoms with Crippen molar-refractivity contribution < 1.29 is 9.59 Å². The lowest BCUT2D eigenvalue weighted by molar-refractivity contribution is -0.119. The Bertz CT molecular complexity index is 233. The number of rotatable bonds is 5. The maximum atomic E-state index is 10.8. The fourth-order valence-electron chi connectivity index (χ4n) is 2.01. The van der Waals surface area contributed by atoms with E-state index in [4.69, 9.17) is 5.73 Å². The van der Waals surface area contributed by atoms with Crippen LogP contribution in [-0.4, -0.2) is 36.2 Å². The first-order chi connectivity index (χ1) is 7.08. The molecule has 1 amide bonds. The second-order valence-electron chi connectivity index (χ2n) is 4.41. The van der Waals surface area contributed by atoms with E-state index in [9.17, 15) is 9.59 Å². The molecule has 1 aliphatic rings. The highest BCUT2D eigenvalue weighted by Gasteiger charge is 2.20. The number of amides is 1. The van der Waals surface area contributed by atoms with Crippen LogP contribution in [0.25, 0.3) is 0 Å². The Balaban J connectivity index is 2.18. The lowest BCUT2D eigenvalue weighted by atomic mass is 9.93. The van der Waals surface area contributed by atoms with Gasteiger partial charge in [0.2, 0.25) is 5.91 Å². The monoisotopic (exact) mass is 212 g/mol. The lowest BCUT2D eigenvalue weighted by Crippen LogP contribution is -2.36. The van der Waals surface area contributed by atoms with Crippen LogP contribution in [0, 0.1) is 5.92 Å². The molecule has 2 N–H and O–H groups in total. The Morgan fingerprint density at radius 2 is 1.93 bits per heavy atom. The number of likely N-dealkylation sites (tertiary alicyclic amines) is 1. The van der Waals surface area contributed by atoms with Gasteiger partial charge < -0.3 is 10.6 Å². The van der Waals surface area contributed by atoms with Crippen molar-refractivity contribution in [2.75, 3.05) is 19.6 Å². The van der Waals surface area contributed by atoms with Gasteiger partial charge in [0.1, 0.15) is 5.78 Å². The average molecular weight is 212 g/mol. The zero-order chi connectivity index (χ0) is 11.3. The summed E-state index contributed by atoms with van der Waals surface area (Å²) in [4.78, 5) is 23.8. The van der Waals surface area contributed by atoms with E-state index >= 15 is 0 Å². The van der Waals surface area contributed by atoms with Gasteiger partial charge in [-0.05, 0) is 38.8 Å². The molecule has 1 saturated heterocycles. The molecule has 15 heavy (non-hydrogen) atoms. The van der Waals surface area contributed by atoms with Crippen LogP contribution in [-0.2, 0) is 9.59 Å². The Morgan fingerprint density at radius 3 is 2.40 bits per heavy atom. The van der Waals surface area contributed by atoms with Crippen molar-refractivity contribution in [3.05, 3.63) is 0 Å². The minimum atomic E-state index is -0.197. The molecule has 1 rings (SSSR count). The van der Waals surface area contributed by atoms with E-state index in [0.29, 0.717) is 18.8 Å². The van der Waals surface area contributed by atoms with Crippen LogP contribution in [0.3, 0.4) is 0 Å². The zero-order valence-corrected chi connectivity index (χ0v) is 9.37. The smallest absolute Gasteiger partial charge is 0.217 e. The van der Waals surface area contributed by atoms with E-state index in [1.54, 1.807) is 6.92 Å².